The second-order valence-corrected chi connectivity index (χ2v) is 5.46. The highest BCUT2D eigenvalue weighted by molar-refractivity contribution is 7.17. The molecule has 0 saturated heterocycles. The van der Waals surface area contributed by atoms with Crippen molar-refractivity contribution < 1.29 is 0 Å². The van der Waals surface area contributed by atoms with Crippen LogP contribution in [-0.4, -0.2) is 22.4 Å². The fraction of sp³-hybridized carbons (Fsp3) is 0.133. The van der Waals surface area contributed by atoms with E-state index in [1.807, 2.05) is 30.3 Å². The number of pyridine rings is 1. The number of hydrogen-bond donors (Lipinski definition) is 0. The molecule has 0 N–H and O–H groups in total. The lowest BCUT2D eigenvalue weighted by Crippen LogP contribution is -2.27. The predicted molar refractivity (Wildman–Crippen MR) is 88.2 cm³/mol. The maximum absolute atomic E-state index is 12.7. The molecule has 0 aliphatic rings. The molecule has 2 radical (unpaired) electrons. The first-order chi connectivity index (χ1) is 10.1. The van der Waals surface area contributed by atoms with Crippen LogP contribution in [0.25, 0.3) is 11.0 Å². The van der Waals surface area contributed by atoms with Crippen LogP contribution in [0.5, 0.6) is 0 Å². The number of fused-ring (bicyclic) bond motifs is 1. The molecule has 0 saturated carbocycles. The van der Waals surface area contributed by atoms with Gasteiger partial charge in [-0.25, -0.2) is 9.97 Å². The van der Waals surface area contributed by atoms with Gasteiger partial charge in [-0.05, 0) is 12.5 Å². The molecule has 21 heavy (non-hydrogen) atoms. The second kappa shape index (κ2) is 5.42. The van der Waals surface area contributed by atoms with Crippen molar-refractivity contribution in [2.45, 2.75) is 12.7 Å². The van der Waals surface area contributed by atoms with E-state index in [0.717, 1.165) is 5.56 Å². The highest BCUT2D eigenvalue weighted by Gasteiger charge is 2.15. The lowest BCUT2D eigenvalue weighted by atomic mass is 9.98. The lowest BCUT2D eigenvalue weighted by Gasteiger charge is -2.18. The van der Waals surface area contributed by atoms with Crippen molar-refractivity contribution in [1.82, 2.24) is 14.5 Å². The third kappa shape index (κ3) is 2.49. The normalized spacial score (nSPS) is 12.5. The molecule has 0 aliphatic heterocycles. The molecule has 4 nitrogen and oxygen atoms in total. The summed E-state index contributed by atoms with van der Waals surface area (Å²) in [5.41, 5.74) is 1.76. The van der Waals surface area contributed by atoms with Gasteiger partial charge in [-0.3, -0.25) is 9.36 Å². The maximum Gasteiger partial charge on any atom is 0.263 e. The smallest absolute Gasteiger partial charge is 0.263 e. The standard InChI is InChI=1S/C15H13BN3OP/c1-9-18-13-12(7-11(16)8-17-13)14(20)19(9)15(21)10-5-3-2-4-6-10/h2-8,15H,21H2,1H3. The molecule has 2 aromatic heterocycles. The van der Waals surface area contributed by atoms with Crippen LogP contribution >= 0.6 is 9.24 Å². The van der Waals surface area contributed by atoms with Gasteiger partial charge < -0.3 is 0 Å². The molecule has 0 fully saturated rings. The van der Waals surface area contributed by atoms with Gasteiger partial charge in [0.05, 0.1) is 11.2 Å². The summed E-state index contributed by atoms with van der Waals surface area (Å²) in [7, 11) is 8.41. The Kier molecular flexibility index (Phi) is 3.60. The van der Waals surface area contributed by atoms with E-state index in [0.29, 0.717) is 22.3 Å². The predicted octanol–water partition coefficient (Wildman–Crippen LogP) is 1.32. The van der Waals surface area contributed by atoms with Crippen molar-refractivity contribution in [3.63, 3.8) is 0 Å². The molecular formula is C15H13BN3OP. The Balaban J connectivity index is 2.25. The fourth-order valence-corrected chi connectivity index (χ4v) is 2.90. The Morgan fingerprint density at radius 2 is 2.00 bits per heavy atom. The Morgan fingerprint density at radius 3 is 2.71 bits per heavy atom. The summed E-state index contributed by atoms with van der Waals surface area (Å²) in [4.78, 5) is 21.3. The lowest BCUT2D eigenvalue weighted by molar-refractivity contribution is 0.695. The van der Waals surface area contributed by atoms with Gasteiger partial charge in [-0.15, -0.1) is 9.24 Å². The molecule has 0 amide bonds. The van der Waals surface area contributed by atoms with Crippen molar-refractivity contribution in [2.24, 2.45) is 0 Å². The zero-order valence-electron chi connectivity index (χ0n) is 11.5. The van der Waals surface area contributed by atoms with Gasteiger partial charge in [0.15, 0.2) is 5.65 Å². The fourth-order valence-electron chi connectivity index (χ4n) is 2.33. The molecule has 0 aliphatic carbocycles. The molecule has 2 unspecified atom stereocenters. The summed E-state index contributed by atoms with van der Waals surface area (Å²) in [6.45, 7) is 1.80. The van der Waals surface area contributed by atoms with Crippen LogP contribution in [0.3, 0.4) is 0 Å². The minimum atomic E-state index is -0.183. The average molecular weight is 293 g/mol. The summed E-state index contributed by atoms with van der Waals surface area (Å²) < 4.78 is 1.64. The summed E-state index contributed by atoms with van der Waals surface area (Å²) in [6.07, 6.45) is 1.51. The van der Waals surface area contributed by atoms with Crippen molar-refractivity contribution >= 4 is 33.6 Å². The third-order valence-corrected chi connectivity index (χ3v) is 4.06. The van der Waals surface area contributed by atoms with Crippen LogP contribution in [-0.2, 0) is 0 Å². The van der Waals surface area contributed by atoms with Crippen molar-refractivity contribution in [3.05, 3.63) is 64.3 Å². The Morgan fingerprint density at radius 1 is 1.29 bits per heavy atom. The molecule has 6 heteroatoms. The molecular weight excluding hydrogens is 280 g/mol. The van der Waals surface area contributed by atoms with Gasteiger partial charge in [0.2, 0.25) is 0 Å². The zero-order valence-corrected chi connectivity index (χ0v) is 12.7. The van der Waals surface area contributed by atoms with Gasteiger partial charge in [0.25, 0.3) is 5.56 Å². The van der Waals surface area contributed by atoms with Crippen molar-refractivity contribution in [2.75, 3.05) is 0 Å². The van der Waals surface area contributed by atoms with Crippen LogP contribution < -0.4 is 11.0 Å². The van der Waals surface area contributed by atoms with E-state index in [1.165, 1.54) is 6.20 Å². The second-order valence-electron chi connectivity index (χ2n) is 4.83. The molecule has 2 heterocycles. The van der Waals surface area contributed by atoms with E-state index in [4.69, 9.17) is 7.85 Å². The Hall–Kier alpha value is -2.00. The molecule has 1 aromatic carbocycles. The van der Waals surface area contributed by atoms with E-state index in [-0.39, 0.29) is 11.3 Å². The van der Waals surface area contributed by atoms with E-state index >= 15 is 0 Å². The molecule has 0 bridgehead atoms. The first kappa shape index (κ1) is 14.0. The van der Waals surface area contributed by atoms with Crippen LogP contribution in [0, 0.1) is 6.92 Å². The highest BCUT2D eigenvalue weighted by atomic mass is 31.0. The van der Waals surface area contributed by atoms with Crippen LogP contribution in [0.1, 0.15) is 17.2 Å². The summed E-state index contributed by atoms with van der Waals surface area (Å²) >= 11 is 0. The minimum absolute atomic E-state index is 0.138. The van der Waals surface area contributed by atoms with E-state index in [9.17, 15) is 4.79 Å². The Labute approximate surface area is 125 Å². The van der Waals surface area contributed by atoms with Gasteiger partial charge in [0, 0.05) is 6.20 Å². The number of nitrogens with zero attached hydrogens (tertiary/aromatic N) is 3. The van der Waals surface area contributed by atoms with Crippen LogP contribution in [0.15, 0.2) is 47.4 Å². The average Bonchev–Trinajstić information content (AvgIpc) is 2.49. The SMILES string of the molecule is [B]c1cnc2nc(C)n(C(P)c3ccccc3)c(=O)c2c1. The number of benzene rings is 1. The van der Waals surface area contributed by atoms with Crippen LogP contribution in [0.4, 0.5) is 0 Å². The van der Waals surface area contributed by atoms with Gasteiger partial charge in [-0.2, -0.15) is 0 Å². The molecule has 0 spiro atoms. The van der Waals surface area contributed by atoms with Gasteiger partial charge in [-0.1, -0.05) is 41.9 Å². The van der Waals surface area contributed by atoms with E-state index < -0.39 is 0 Å². The molecule has 102 valence electrons. The van der Waals surface area contributed by atoms with Crippen molar-refractivity contribution in [1.29, 1.82) is 0 Å². The maximum atomic E-state index is 12.7. The topological polar surface area (TPSA) is 47.8 Å². The quantitative estimate of drug-likeness (QED) is 0.529. The van der Waals surface area contributed by atoms with E-state index in [1.54, 1.807) is 17.6 Å². The van der Waals surface area contributed by atoms with Gasteiger partial charge >= 0.3 is 0 Å². The number of rotatable bonds is 2. The monoisotopic (exact) mass is 293 g/mol. The molecule has 3 rings (SSSR count). The van der Waals surface area contributed by atoms with Gasteiger partial charge in [0.1, 0.15) is 13.7 Å². The number of hydrogen-bond acceptors (Lipinski definition) is 3. The number of aromatic nitrogens is 3. The van der Waals surface area contributed by atoms with Crippen LogP contribution in [0.2, 0.25) is 0 Å². The summed E-state index contributed by atoms with van der Waals surface area (Å²) in [6, 6.07) is 11.4. The first-order valence-electron chi connectivity index (χ1n) is 6.53. The highest BCUT2D eigenvalue weighted by Crippen LogP contribution is 2.24. The number of aryl methyl sites for hydroxylation is 1. The third-order valence-electron chi connectivity index (χ3n) is 3.37. The minimum Gasteiger partial charge on any atom is -0.285 e. The summed E-state index contributed by atoms with van der Waals surface area (Å²) in [5, 5.41) is 0.434. The molecule has 2 atom stereocenters. The van der Waals surface area contributed by atoms with Crippen molar-refractivity contribution in [3.8, 4) is 0 Å². The van der Waals surface area contributed by atoms with E-state index in [2.05, 4.69) is 19.2 Å². The zero-order chi connectivity index (χ0) is 15.0. The summed E-state index contributed by atoms with van der Waals surface area (Å²) in [5.74, 6) is 0.436. The first-order valence-corrected chi connectivity index (χ1v) is 7.19. The molecule has 3 aromatic rings. The largest absolute Gasteiger partial charge is 0.285 e. The Bertz CT molecular complexity index is 864.